The Hall–Kier alpha value is -0.420. The summed E-state index contributed by atoms with van der Waals surface area (Å²) in [5, 5.41) is 11.0. The van der Waals surface area contributed by atoms with Gasteiger partial charge < -0.3 is 0 Å². The van der Waals surface area contributed by atoms with E-state index < -0.39 is 0 Å². The van der Waals surface area contributed by atoms with Crippen LogP contribution in [0.15, 0.2) is 22.7 Å². The van der Waals surface area contributed by atoms with E-state index in [4.69, 9.17) is 0 Å². The van der Waals surface area contributed by atoms with Crippen molar-refractivity contribution < 1.29 is 4.92 Å². The van der Waals surface area contributed by atoms with Gasteiger partial charge in [-0.3, -0.25) is 10.1 Å². The Kier molecular flexibility index (Phi) is 3.22. The Morgan fingerprint density at radius 2 is 2.17 bits per heavy atom. The number of hydrogen-bond donors (Lipinski definition) is 0. The molecular formula is C7H5Br2NO2. The number of nitro benzene ring substituents is 1. The molecule has 0 saturated heterocycles. The summed E-state index contributed by atoms with van der Waals surface area (Å²) in [7, 11) is 0. The van der Waals surface area contributed by atoms with E-state index in [1.54, 1.807) is 12.1 Å². The van der Waals surface area contributed by atoms with Crippen LogP contribution in [-0.4, -0.2) is 4.92 Å². The van der Waals surface area contributed by atoms with Gasteiger partial charge in [-0.1, -0.05) is 31.9 Å². The normalized spacial score (nSPS) is 9.83. The molecule has 0 saturated carbocycles. The lowest BCUT2D eigenvalue weighted by atomic mass is 10.2. The number of alkyl halides is 1. The number of nitrogens with zero attached hydrogens (tertiary/aromatic N) is 1. The van der Waals surface area contributed by atoms with E-state index in [1.165, 1.54) is 6.07 Å². The summed E-state index contributed by atoms with van der Waals surface area (Å²) in [5.74, 6) is 0. The van der Waals surface area contributed by atoms with Crippen LogP contribution < -0.4 is 0 Å². The van der Waals surface area contributed by atoms with E-state index in [2.05, 4.69) is 31.9 Å². The van der Waals surface area contributed by atoms with Crippen LogP contribution in [0.2, 0.25) is 0 Å². The Labute approximate surface area is 86.2 Å². The van der Waals surface area contributed by atoms with Crippen molar-refractivity contribution in [3.05, 3.63) is 38.3 Å². The molecule has 0 radical (unpaired) electrons. The van der Waals surface area contributed by atoms with Crippen LogP contribution in [-0.2, 0) is 5.33 Å². The number of rotatable bonds is 2. The lowest BCUT2D eigenvalue weighted by Gasteiger charge is -1.98. The van der Waals surface area contributed by atoms with Crippen LogP contribution in [0, 0.1) is 10.1 Å². The number of nitro groups is 1. The second kappa shape index (κ2) is 4.00. The first-order chi connectivity index (χ1) is 5.65. The molecule has 0 spiro atoms. The third kappa shape index (κ3) is 2.04. The quantitative estimate of drug-likeness (QED) is 0.477. The Balaban J connectivity index is 3.20. The summed E-state index contributed by atoms with van der Waals surface area (Å²) in [6, 6.07) is 4.87. The van der Waals surface area contributed by atoms with Gasteiger partial charge in [0.1, 0.15) is 0 Å². The zero-order valence-corrected chi connectivity index (χ0v) is 9.13. The second-order valence-corrected chi connectivity index (χ2v) is 3.64. The lowest BCUT2D eigenvalue weighted by molar-refractivity contribution is -0.385. The highest BCUT2D eigenvalue weighted by molar-refractivity contribution is 9.10. The van der Waals surface area contributed by atoms with Crippen LogP contribution in [0.3, 0.4) is 0 Å². The Morgan fingerprint density at radius 3 is 2.67 bits per heavy atom. The average Bonchev–Trinajstić information content (AvgIpc) is 2.03. The summed E-state index contributed by atoms with van der Waals surface area (Å²) < 4.78 is 0.850. The monoisotopic (exact) mass is 293 g/mol. The summed E-state index contributed by atoms with van der Waals surface area (Å²) in [4.78, 5) is 10.1. The van der Waals surface area contributed by atoms with Crippen molar-refractivity contribution in [2.45, 2.75) is 5.33 Å². The standard InChI is InChI=1S/C7H5Br2NO2/c8-4-5-3-6(9)1-2-7(5)10(11)12/h1-3H,4H2. The molecule has 0 amide bonds. The molecule has 5 heteroatoms. The van der Waals surface area contributed by atoms with Crippen LogP contribution in [0.5, 0.6) is 0 Å². The van der Waals surface area contributed by atoms with Gasteiger partial charge in [0.05, 0.1) is 4.92 Å². The molecule has 0 atom stereocenters. The highest BCUT2D eigenvalue weighted by atomic mass is 79.9. The molecule has 3 nitrogen and oxygen atoms in total. The summed E-state index contributed by atoms with van der Waals surface area (Å²) in [6.45, 7) is 0. The SMILES string of the molecule is O=[N+]([O-])c1ccc(Br)cc1CBr. The fraction of sp³-hybridized carbons (Fsp3) is 0.143. The van der Waals surface area contributed by atoms with E-state index in [0.717, 1.165) is 4.47 Å². The van der Waals surface area contributed by atoms with E-state index in [9.17, 15) is 10.1 Å². The van der Waals surface area contributed by atoms with Crippen molar-refractivity contribution in [2.75, 3.05) is 0 Å². The number of hydrogen-bond acceptors (Lipinski definition) is 2. The topological polar surface area (TPSA) is 43.1 Å². The fourth-order valence-electron chi connectivity index (χ4n) is 0.839. The van der Waals surface area contributed by atoms with E-state index in [1.807, 2.05) is 0 Å². The van der Waals surface area contributed by atoms with Crippen molar-refractivity contribution in [3.8, 4) is 0 Å². The van der Waals surface area contributed by atoms with Gasteiger partial charge in [0.25, 0.3) is 5.69 Å². The molecule has 1 aromatic carbocycles. The molecule has 0 aliphatic carbocycles. The van der Waals surface area contributed by atoms with E-state index in [-0.39, 0.29) is 10.6 Å². The molecular weight excluding hydrogens is 290 g/mol. The van der Waals surface area contributed by atoms with Crippen molar-refractivity contribution in [1.82, 2.24) is 0 Å². The predicted octanol–water partition coefficient (Wildman–Crippen LogP) is 3.25. The van der Waals surface area contributed by atoms with Gasteiger partial charge >= 0.3 is 0 Å². The lowest BCUT2D eigenvalue weighted by Crippen LogP contribution is -1.92. The molecule has 12 heavy (non-hydrogen) atoms. The minimum Gasteiger partial charge on any atom is -0.258 e. The van der Waals surface area contributed by atoms with E-state index >= 15 is 0 Å². The third-order valence-corrected chi connectivity index (χ3v) is 2.48. The van der Waals surface area contributed by atoms with Crippen molar-refractivity contribution in [3.63, 3.8) is 0 Å². The van der Waals surface area contributed by atoms with Crippen molar-refractivity contribution >= 4 is 37.5 Å². The van der Waals surface area contributed by atoms with Gasteiger partial charge in [-0.2, -0.15) is 0 Å². The van der Waals surface area contributed by atoms with Crippen LogP contribution in [0.1, 0.15) is 5.56 Å². The fourth-order valence-corrected chi connectivity index (χ4v) is 1.70. The molecule has 0 aliphatic heterocycles. The summed E-state index contributed by atoms with van der Waals surface area (Å²) >= 11 is 6.43. The minimum absolute atomic E-state index is 0.148. The molecule has 0 aromatic heterocycles. The first-order valence-electron chi connectivity index (χ1n) is 3.14. The first-order valence-corrected chi connectivity index (χ1v) is 5.05. The van der Waals surface area contributed by atoms with Gasteiger partial charge in [0.2, 0.25) is 0 Å². The highest BCUT2D eigenvalue weighted by Gasteiger charge is 2.11. The highest BCUT2D eigenvalue weighted by Crippen LogP contribution is 2.24. The van der Waals surface area contributed by atoms with Crippen molar-refractivity contribution in [2.24, 2.45) is 0 Å². The molecule has 0 fully saturated rings. The first kappa shape index (κ1) is 9.67. The summed E-state index contributed by atoms with van der Waals surface area (Å²) in [5.41, 5.74) is 0.824. The third-order valence-electron chi connectivity index (χ3n) is 1.38. The molecule has 0 unspecified atom stereocenters. The second-order valence-electron chi connectivity index (χ2n) is 2.16. The Morgan fingerprint density at radius 1 is 1.50 bits per heavy atom. The minimum atomic E-state index is -0.386. The zero-order chi connectivity index (χ0) is 9.14. The van der Waals surface area contributed by atoms with Gasteiger partial charge in [-0.15, -0.1) is 0 Å². The average molecular weight is 295 g/mol. The molecule has 0 bridgehead atoms. The zero-order valence-electron chi connectivity index (χ0n) is 5.96. The van der Waals surface area contributed by atoms with Crippen molar-refractivity contribution in [1.29, 1.82) is 0 Å². The Bertz CT molecular complexity index is 314. The predicted molar refractivity (Wildman–Crippen MR) is 53.4 cm³/mol. The number of benzene rings is 1. The van der Waals surface area contributed by atoms with Crippen LogP contribution in [0.4, 0.5) is 5.69 Å². The molecule has 0 aliphatic rings. The number of halogens is 2. The molecule has 0 heterocycles. The van der Waals surface area contributed by atoms with Gasteiger partial charge in [-0.05, 0) is 12.1 Å². The smallest absolute Gasteiger partial charge is 0.258 e. The van der Waals surface area contributed by atoms with Gasteiger partial charge in [0, 0.05) is 21.4 Å². The molecule has 1 rings (SSSR count). The largest absolute Gasteiger partial charge is 0.273 e. The summed E-state index contributed by atoms with van der Waals surface area (Å²) in [6.07, 6.45) is 0. The molecule has 64 valence electrons. The molecule has 1 aromatic rings. The maximum absolute atomic E-state index is 10.5. The molecule has 0 N–H and O–H groups in total. The maximum atomic E-state index is 10.5. The van der Waals surface area contributed by atoms with E-state index in [0.29, 0.717) is 10.9 Å². The van der Waals surface area contributed by atoms with Gasteiger partial charge in [-0.25, -0.2) is 0 Å². The van der Waals surface area contributed by atoms with Crippen LogP contribution >= 0.6 is 31.9 Å². The van der Waals surface area contributed by atoms with Crippen LogP contribution in [0.25, 0.3) is 0 Å². The van der Waals surface area contributed by atoms with Gasteiger partial charge in [0.15, 0.2) is 0 Å². The maximum Gasteiger partial charge on any atom is 0.273 e.